The minimum Gasteiger partial charge on any atom is -0.377 e. The minimum absolute atomic E-state index is 0.354. The van der Waals surface area contributed by atoms with Gasteiger partial charge in [0, 0.05) is 23.4 Å². The summed E-state index contributed by atoms with van der Waals surface area (Å²) in [6, 6.07) is 0. The molecule has 0 radical (unpaired) electrons. The molecule has 1 N–H and O–H groups in total. The third-order valence-corrected chi connectivity index (χ3v) is 6.14. The summed E-state index contributed by atoms with van der Waals surface area (Å²) in [5.74, 6) is 0.832. The Kier molecular flexibility index (Phi) is 4.97. The van der Waals surface area contributed by atoms with Crippen LogP contribution in [0.2, 0.25) is 0 Å². The van der Waals surface area contributed by atoms with Gasteiger partial charge < -0.3 is 10.1 Å². The Morgan fingerprint density at radius 3 is 3.00 bits per heavy atom. The van der Waals surface area contributed by atoms with Crippen LogP contribution in [0.15, 0.2) is 5.51 Å². The molecule has 0 amide bonds. The van der Waals surface area contributed by atoms with Crippen molar-refractivity contribution in [3.05, 3.63) is 16.1 Å². The Labute approximate surface area is 132 Å². The topological polar surface area (TPSA) is 34.2 Å². The highest BCUT2D eigenvalue weighted by Gasteiger charge is 2.50. The molecule has 2 aliphatic rings. The van der Waals surface area contributed by atoms with Crippen LogP contribution in [-0.2, 0) is 11.2 Å². The van der Waals surface area contributed by atoms with Crippen LogP contribution in [0.5, 0.6) is 0 Å². The van der Waals surface area contributed by atoms with E-state index in [0.717, 1.165) is 32.0 Å². The molecule has 2 atom stereocenters. The van der Waals surface area contributed by atoms with E-state index >= 15 is 0 Å². The molecule has 0 aromatic carbocycles. The first kappa shape index (κ1) is 15.4. The van der Waals surface area contributed by atoms with Gasteiger partial charge in [0.2, 0.25) is 0 Å². The van der Waals surface area contributed by atoms with Crippen LogP contribution in [0, 0.1) is 18.3 Å². The summed E-state index contributed by atoms with van der Waals surface area (Å²) in [6.07, 6.45) is 8.08. The third kappa shape index (κ3) is 3.49. The Hall–Kier alpha value is -0.450. The Balaban J connectivity index is 1.67. The first-order valence-electron chi connectivity index (χ1n) is 8.46. The number of thiazole rings is 1. The monoisotopic (exact) mass is 308 g/mol. The largest absolute Gasteiger partial charge is 0.377 e. The van der Waals surface area contributed by atoms with Crippen LogP contribution in [0.25, 0.3) is 0 Å². The second-order valence-corrected chi connectivity index (χ2v) is 7.72. The Morgan fingerprint density at radius 2 is 2.33 bits per heavy atom. The zero-order valence-electron chi connectivity index (χ0n) is 13.4. The van der Waals surface area contributed by atoms with Crippen LogP contribution in [0.1, 0.15) is 49.6 Å². The maximum atomic E-state index is 6.17. The molecule has 118 valence electrons. The number of hydrogen-bond donors (Lipinski definition) is 1. The lowest BCUT2D eigenvalue weighted by Gasteiger charge is -2.35. The van der Waals surface area contributed by atoms with Crippen LogP contribution in [0.3, 0.4) is 0 Å². The fourth-order valence-corrected chi connectivity index (χ4v) is 4.51. The van der Waals surface area contributed by atoms with Crippen LogP contribution in [0.4, 0.5) is 0 Å². The van der Waals surface area contributed by atoms with Gasteiger partial charge in [0.05, 0.1) is 17.3 Å². The van der Waals surface area contributed by atoms with Crippen molar-refractivity contribution in [1.82, 2.24) is 10.3 Å². The predicted octanol–water partition coefficient (Wildman–Crippen LogP) is 3.57. The maximum absolute atomic E-state index is 6.17. The van der Waals surface area contributed by atoms with E-state index in [0.29, 0.717) is 11.5 Å². The van der Waals surface area contributed by atoms with E-state index in [1.165, 1.54) is 42.7 Å². The summed E-state index contributed by atoms with van der Waals surface area (Å²) in [7, 11) is 0. The van der Waals surface area contributed by atoms with E-state index in [1.54, 1.807) is 0 Å². The smallest absolute Gasteiger partial charge is 0.0797 e. The van der Waals surface area contributed by atoms with Crippen molar-refractivity contribution in [3.8, 4) is 0 Å². The Bertz CT molecular complexity index is 457. The van der Waals surface area contributed by atoms with Crippen molar-refractivity contribution in [2.45, 2.75) is 58.5 Å². The molecular formula is C17H28N2OS. The van der Waals surface area contributed by atoms with Crippen molar-refractivity contribution in [1.29, 1.82) is 0 Å². The van der Waals surface area contributed by atoms with E-state index in [1.807, 2.05) is 16.8 Å². The fraction of sp³-hybridized carbons (Fsp3) is 0.824. The zero-order chi connectivity index (χ0) is 14.7. The molecule has 1 aromatic heterocycles. The number of nitrogens with one attached hydrogen (secondary N) is 1. The van der Waals surface area contributed by atoms with Crippen molar-refractivity contribution in [3.63, 3.8) is 0 Å². The van der Waals surface area contributed by atoms with Gasteiger partial charge in [-0.15, -0.1) is 11.3 Å². The molecule has 4 heteroatoms. The number of aryl methyl sites for hydroxylation is 2. The number of hydrogen-bond acceptors (Lipinski definition) is 4. The van der Waals surface area contributed by atoms with Crippen molar-refractivity contribution >= 4 is 11.3 Å². The van der Waals surface area contributed by atoms with E-state index in [9.17, 15) is 0 Å². The molecule has 3 nitrogen and oxygen atoms in total. The highest BCUT2D eigenvalue weighted by atomic mass is 32.1. The molecule has 1 saturated carbocycles. The molecule has 1 aliphatic carbocycles. The summed E-state index contributed by atoms with van der Waals surface area (Å²) in [4.78, 5) is 5.86. The van der Waals surface area contributed by atoms with Crippen molar-refractivity contribution < 1.29 is 4.74 Å². The molecular weight excluding hydrogens is 280 g/mol. The molecule has 0 spiro atoms. The van der Waals surface area contributed by atoms with Gasteiger partial charge in [-0.3, -0.25) is 0 Å². The number of ether oxygens (including phenoxy) is 1. The molecule has 21 heavy (non-hydrogen) atoms. The molecule has 2 heterocycles. The van der Waals surface area contributed by atoms with E-state index in [4.69, 9.17) is 4.74 Å². The lowest BCUT2D eigenvalue weighted by atomic mass is 9.74. The number of rotatable bonds is 8. The fourth-order valence-electron chi connectivity index (χ4n) is 3.73. The summed E-state index contributed by atoms with van der Waals surface area (Å²) >= 11 is 1.81. The molecule has 2 fully saturated rings. The second-order valence-electron chi connectivity index (χ2n) is 6.78. The lowest BCUT2D eigenvalue weighted by Crippen LogP contribution is -2.42. The summed E-state index contributed by atoms with van der Waals surface area (Å²) in [5.41, 5.74) is 3.56. The summed E-state index contributed by atoms with van der Waals surface area (Å²) in [6.45, 7) is 7.58. The summed E-state index contributed by atoms with van der Waals surface area (Å²) < 4.78 is 6.17. The SMILES string of the molecule is CCCNCC1(CCc2scnc2C)CCOC1C1CC1. The highest BCUT2D eigenvalue weighted by Crippen LogP contribution is 2.50. The first-order valence-corrected chi connectivity index (χ1v) is 9.34. The molecule has 1 saturated heterocycles. The minimum atomic E-state index is 0.354. The summed E-state index contributed by atoms with van der Waals surface area (Å²) in [5, 5.41) is 3.68. The van der Waals surface area contributed by atoms with Gasteiger partial charge in [-0.25, -0.2) is 4.98 Å². The van der Waals surface area contributed by atoms with E-state index in [2.05, 4.69) is 24.1 Å². The number of aromatic nitrogens is 1. The van der Waals surface area contributed by atoms with E-state index < -0.39 is 0 Å². The highest BCUT2D eigenvalue weighted by molar-refractivity contribution is 7.09. The second kappa shape index (κ2) is 6.76. The maximum Gasteiger partial charge on any atom is 0.0797 e. The normalized spacial score (nSPS) is 29.1. The van der Waals surface area contributed by atoms with Gasteiger partial charge in [-0.05, 0) is 57.9 Å². The molecule has 0 bridgehead atoms. The molecule has 1 aliphatic heterocycles. The van der Waals surface area contributed by atoms with Gasteiger partial charge in [-0.1, -0.05) is 6.92 Å². The zero-order valence-corrected chi connectivity index (χ0v) is 14.2. The van der Waals surface area contributed by atoms with Gasteiger partial charge in [0.1, 0.15) is 0 Å². The third-order valence-electron chi connectivity index (χ3n) is 5.15. The molecule has 2 unspecified atom stereocenters. The Morgan fingerprint density at radius 1 is 1.48 bits per heavy atom. The van der Waals surface area contributed by atoms with Gasteiger partial charge in [-0.2, -0.15) is 0 Å². The quantitative estimate of drug-likeness (QED) is 0.746. The molecule has 3 rings (SSSR count). The van der Waals surface area contributed by atoms with E-state index in [-0.39, 0.29) is 0 Å². The van der Waals surface area contributed by atoms with Crippen LogP contribution in [-0.4, -0.2) is 30.8 Å². The lowest BCUT2D eigenvalue weighted by molar-refractivity contribution is 0.0268. The standard InChI is InChI=1S/C17H28N2OS/c1-3-9-18-11-17(7-6-15-13(2)19-12-21-15)8-10-20-16(17)14-4-5-14/h12,14,16,18H,3-11H2,1-2H3. The van der Waals surface area contributed by atoms with Gasteiger partial charge >= 0.3 is 0 Å². The van der Waals surface area contributed by atoms with Crippen molar-refractivity contribution in [2.24, 2.45) is 11.3 Å². The number of nitrogens with zero attached hydrogens (tertiary/aromatic N) is 1. The predicted molar refractivity (Wildman–Crippen MR) is 87.8 cm³/mol. The average molecular weight is 308 g/mol. The van der Waals surface area contributed by atoms with Crippen molar-refractivity contribution in [2.75, 3.05) is 19.7 Å². The average Bonchev–Trinajstić information content (AvgIpc) is 3.11. The van der Waals surface area contributed by atoms with Crippen LogP contribution >= 0.6 is 11.3 Å². The first-order chi connectivity index (χ1) is 10.2. The molecule has 1 aromatic rings. The van der Waals surface area contributed by atoms with Crippen LogP contribution < -0.4 is 5.32 Å². The van der Waals surface area contributed by atoms with Gasteiger partial charge in [0.15, 0.2) is 0 Å². The van der Waals surface area contributed by atoms with Gasteiger partial charge in [0.25, 0.3) is 0 Å².